The Morgan fingerprint density at radius 1 is 1.28 bits per heavy atom. The van der Waals surface area contributed by atoms with E-state index in [1.807, 2.05) is 37.3 Å². The second kappa shape index (κ2) is 4.66. The highest BCUT2D eigenvalue weighted by Gasteiger charge is 2.16. The Labute approximate surface area is 107 Å². The summed E-state index contributed by atoms with van der Waals surface area (Å²) >= 11 is 0. The van der Waals surface area contributed by atoms with Crippen molar-refractivity contribution in [3.63, 3.8) is 0 Å². The quantitative estimate of drug-likeness (QED) is 0.800. The number of aryl methyl sites for hydroxylation is 1. The summed E-state index contributed by atoms with van der Waals surface area (Å²) in [4.78, 5) is 4.41. The van der Waals surface area contributed by atoms with Crippen LogP contribution in [0, 0.1) is 6.92 Å². The number of hydrogen-bond acceptors (Lipinski definition) is 4. The van der Waals surface area contributed by atoms with Crippen molar-refractivity contribution >= 4 is 21.0 Å². The Hall–Kier alpha value is -1.46. The third-order valence-electron chi connectivity index (χ3n) is 2.63. The van der Waals surface area contributed by atoms with Gasteiger partial charge in [-0.3, -0.25) is 9.17 Å². The van der Waals surface area contributed by atoms with Crippen LogP contribution < -0.4 is 0 Å². The maximum atomic E-state index is 11.2. The zero-order chi connectivity index (χ0) is 13.3. The molecule has 1 aromatic heterocycles. The average molecular weight is 265 g/mol. The Kier molecular flexibility index (Phi) is 3.36. The van der Waals surface area contributed by atoms with Gasteiger partial charge in [-0.05, 0) is 31.5 Å². The average Bonchev–Trinajstić information content (AvgIpc) is 2.25. The highest BCUT2D eigenvalue weighted by molar-refractivity contribution is 7.86. The Morgan fingerprint density at radius 3 is 2.61 bits per heavy atom. The van der Waals surface area contributed by atoms with Crippen LogP contribution in [-0.4, -0.2) is 19.7 Å². The molecule has 1 aromatic carbocycles. The Bertz CT molecular complexity index is 680. The van der Waals surface area contributed by atoms with Gasteiger partial charge in [0.05, 0.1) is 17.9 Å². The Morgan fingerprint density at radius 2 is 1.94 bits per heavy atom. The lowest BCUT2D eigenvalue weighted by Crippen LogP contribution is -2.08. The molecule has 0 saturated carbocycles. The second-order valence-corrected chi connectivity index (χ2v) is 5.91. The molecule has 2 rings (SSSR count). The molecule has 0 aliphatic heterocycles. The fourth-order valence-electron chi connectivity index (χ4n) is 1.99. The summed E-state index contributed by atoms with van der Waals surface area (Å²) in [5.41, 5.74) is 2.52. The molecule has 0 aliphatic rings. The number of hydrogen-bond donors (Lipinski definition) is 0. The van der Waals surface area contributed by atoms with Crippen molar-refractivity contribution in [1.82, 2.24) is 4.98 Å². The second-order valence-electron chi connectivity index (χ2n) is 4.31. The first-order valence-corrected chi connectivity index (χ1v) is 7.43. The monoisotopic (exact) mass is 265 g/mol. The molecule has 0 aliphatic carbocycles. The van der Waals surface area contributed by atoms with Crippen molar-refractivity contribution in [2.45, 2.75) is 20.0 Å². The Balaban J connectivity index is 2.56. The summed E-state index contributed by atoms with van der Waals surface area (Å²) < 4.78 is 27.4. The van der Waals surface area contributed by atoms with Crippen molar-refractivity contribution in [1.29, 1.82) is 0 Å². The normalized spacial score (nSPS) is 13.7. The highest BCUT2D eigenvalue weighted by Crippen LogP contribution is 2.27. The molecule has 0 saturated heterocycles. The number of rotatable bonds is 3. The minimum absolute atomic E-state index is 0.522. The van der Waals surface area contributed by atoms with Crippen molar-refractivity contribution in [2.75, 3.05) is 6.26 Å². The number of fused-ring (bicyclic) bond motifs is 1. The standard InChI is InChI=1S/C13H15NO3S/c1-9-8-12(10(2)17-18(3,15)16)11-6-4-5-7-13(11)14-9/h4-8,10H,1-3H3. The smallest absolute Gasteiger partial charge is 0.262 e. The van der Waals surface area contributed by atoms with E-state index in [0.717, 1.165) is 28.4 Å². The molecule has 0 radical (unpaired) electrons. The summed E-state index contributed by atoms with van der Waals surface area (Å²) in [5, 5.41) is 0.916. The van der Waals surface area contributed by atoms with E-state index < -0.39 is 16.2 Å². The molecule has 0 N–H and O–H groups in total. The van der Waals surface area contributed by atoms with Gasteiger partial charge in [0.1, 0.15) is 0 Å². The fourth-order valence-corrected chi connectivity index (χ4v) is 2.62. The van der Waals surface area contributed by atoms with Crippen LogP contribution in [0.25, 0.3) is 10.9 Å². The highest BCUT2D eigenvalue weighted by atomic mass is 32.2. The number of nitrogens with zero attached hydrogens (tertiary/aromatic N) is 1. The minimum atomic E-state index is -3.47. The van der Waals surface area contributed by atoms with Gasteiger partial charge >= 0.3 is 0 Å². The topological polar surface area (TPSA) is 56.3 Å². The molecule has 1 unspecified atom stereocenters. The molecule has 1 atom stereocenters. The molecule has 1 heterocycles. The SMILES string of the molecule is Cc1cc(C(C)OS(C)(=O)=O)c2ccccc2n1. The first kappa shape index (κ1) is 13.0. The van der Waals surface area contributed by atoms with Crippen LogP contribution in [0.15, 0.2) is 30.3 Å². The van der Waals surface area contributed by atoms with Crippen LogP contribution in [-0.2, 0) is 14.3 Å². The van der Waals surface area contributed by atoms with E-state index in [1.165, 1.54) is 0 Å². The summed E-state index contributed by atoms with van der Waals surface area (Å²) in [5.74, 6) is 0. The van der Waals surface area contributed by atoms with Gasteiger partial charge in [-0.2, -0.15) is 8.42 Å². The molecule has 2 aromatic rings. The van der Waals surface area contributed by atoms with Gasteiger partial charge < -0.3 is 0 Å². The van der Waals surface area contributed by atoms with Gasteiger partial charge in [0.15, 0.2) is 0 Å². The summed E-state index contributed by atoms with van der Waals surface area (Å²) in [6.07, 6.45) is 0.534. The molecular formula is C13H15NO3S. The lowest BCUT2D eigenvalue weighted by molar-refractivity contribution is 0.238. The van der Waals surface area contributed by atoms with Gasteiger partial charge in [-0.1, -0.05) is 18.2 Å². The van der Waals surface area contributed by atoms with E-state index in [9.17, 15) is 8.42 Å². The van der Waals surface area contributed by atoms with Crippen LogP contribution >= 0.6 is 0 Å². The van der Waals surface area contributed by atoms with Crippen molar-refractivity contribution in [2.24, 2.45) is 0 Å². The summed E-state index contributed by atoms with van der Waals surface area (Å²) in [6.45, 7) is 3.60. The van der Waals surface area contributed by atoms with Crippen molar-refractivity contribution < 1.29 is 12.6 Å². The number of pyridine rings is 1. The lowest BCUT2D eigenvalue weighted by atomic mass is 10.0. The van der Waals surface area contributed by atoms with Crippen LogP contribution in [0.4, 0.5) is 0 Å². The van der Waals surface area contributed by atoms with E-state index in [2.05, 4.69) is 4.98 Å². The molecule has 0 amide bonds. The summed E-state index contributed by atoms with van der Waals surface area (Å²) in [7, 11) is -3.47. The third kappa shape index (κ3) is 2.86. The lowest BCUT2D eigenvalue weighted by Gasteiger charge is -2.14. The number of benzene rings is 1. The van der Waals surface area contributed by atoms with Crippen LogP contribution in [0.5, 0.6) is 0 Å². The fraction of sp³-hybridized carbons (Fsp3) is 0.308. The van der Waals surface area contributed by atoms with Crippen molar-refractivity contribution in [3.05, 3.63) is 41.6 Å². The van der Waals surface area contributed by atoms with E-state index in [1.54, 1.807) is 6.92 Å². The van der Waals surface area contributed by atoms with E-state index >= 15 is 0 Å². The zero-order valence-electron chi connectivity index (χ0n) is 10.5. The first-order valence-electron chi connectivity index (χ1n) is 5.61. The molecule has 0 spiro atoms. The van der Waals surface area contributed by atoms with Gasteiger partial charge in [0.2, 0.25) is 0 Å². The van der Waals surface area contributed by atoms with Crippen LogP contribution in [0.2, 0.25) is 0 Å². The molecule has 0 fully saturated rings. The molecule has 4 nitrogen and oxygen atoms in total. The predicted octanol–water partition coefficient (Wildman–Crippen LogP) is 2.58. The largest absolute Gasteiger partial charge is 0.264 e. The first-order chi connectivity index (χ1) is 8.37. The third-order valence-corrected chi connectivity index (χ3v) is 3.27. The number of aromatic nitrogens is 1. The van der Waals surface area contributed by atoms with E-state index in [4.69, 9.17) is 4.18 Å². The molecule has 5 heteroatoms. The molecular weight excluding hydrogens is 250 g/mol. The molecule has 18 heavy (non-hydrogen) atoms. The van der Waals surface area contributed by atoms with Crippen LogP contribution in [0.1, 0.15) is 24.3 Å². The van der Waals surface area contributed by atoms with Gasteiger partial charge in [0, 0.05) is 11.1 Å². The maximum absolute atomic E-state index is 11.2. The number of para-hydroxylation sites is 1. The van der Waals surface area contributed by atoms with Gasteiger partial charge in [0.25, 0.3) is 10.1 Å². The molecule has 96 valence electrons. The van der Waals surface area contributed by atoms with E-state index in [0.29, 0.717) is 0 Å². The predicted molar refractivity (Wildman–Crippen MR) is 70.8 cm³/mol. The summed E-state index contributed by atoms with van der Waals surface area (Å²) in [6, 6.07) is 9.48. The van der Waals surface area contributed by atoms with Crippen LogP contribution in [0.3, 0.4) is 0 Å². The molecule has 0 bridgehead atoms. The van der Waals surface area contributed by atoms with Gasteiger partial charge in [-0.25, -0.2) is 0 Å². The maximum Gasteiger partial charge on any atom is 0.264 e. The zero-order valence-corrected chi connectivity index (χ0v) is 11.4. The minimum Gasteiger partial charge on any atom is -0.262 e. The van der Waals surface area contributed by atoms with E-state index in [-0.39, 0.29) is 0 Å². The van der Waals surface area contributed by atoms with Gasteiger partial charge in [-0.15, -0.1) is 0 Å². The van der Waals surface area contributed by atoms with Crippen molar-refractivity contribution in [3.8, 4) is 0 Å².